The molecule has 0 bridgehead atoms. The molecule has 2 rings (SSSR count). The van der Waals surface area contributed by atoms with Crippen molar-refractivity contribution in [3.63, 3.8) is 0 Å². The first-order valence-electron chi connectivity index (χ1n) is 9.22. The molecule has 1 aliphatic rings. The van der Waals surface area contributed by atoms with E-state index in [1.54, 1.807) is 13.8 Å². The number of nitro groups is 1. The van der Waals surface area contributed by atoms with Crippen LogP contribution in [0.15, 0.2) is 45.6 Å². The summed E-state index contributed by atoms with van der Waals surface area (Å²) in [7, 11) is -4.88. The van der Waals surface area contributed by atoms with E-state index in [2.05, 4.69) is 5.32 Å². The second kappa shape index (κ2) is 9.27. The molecule has 1 heterocycles. The number of rotatable bonds is 7. The fourth-order valence-electron chi connectivity index (χ4n) is 3.37. The highest BCUT2D eigenvalue weighted by Crippen LogP contribution is 2.42. The number of benzene rings is 1. The van der Waals surface area contributed by atoms with E-state index in [9.17, 15) is 32.7 Å². The Bertz CT molecular complexity index is 1060. The maximum atomic E-state index is 12.8. The lowest BCUT2D eigenvalue weighted by atomic mass is 9.80. The number of non-ortho nitro benzene ring substituents is 1. The standard InChI is InChI=1S/C19H22N2O9S/c1-5-29-18(22)15-10(3)20-11(4)16(19(23)30-6-2)17(15)13-9-12(21(24)25)7-8-14(13)31(26,27)28/h7-9,17,20H,5-6H2,1-4H3,(H,26,27,28). The molecule has 1 aromatic rings. The van der Waals surface area contributed by atoms with Crippen LogP contribution < -0.4 is 5.32 Å². The molecule has 1 aliphatic heterocycles. The van der Waals surface area contributed by atoms with Crippen LogP contribution in [0.25, 0.3) is 0 Å². The molecule has 0 amide bonds. The van der Waals surface area contributed by atoms with E-state index in [0.29, 0.717) is 0 Å². The van der Waals surface area contributed by atoms with Gasteiger partial charge in [0.05, 0.1) is 40.1 Å². The third kappa shape index (κ3) is 4.91. The van der Waals surface area contributed by atoms with Crippen LogP contribution >= 0.6 is 0 Å². The first-order valence-corrected chi connectivity index (χ1v) is 10.7. The summed E-state index contributed by atoms with van der Waals surface area (Å²) in [6.07, 6.45) is 0. The normalized spacial score (nSPS) is 14.9. The van der Waals surface area contributed by atoms with Gasteiger partial charge in [-0.3, -0.25) is 14.7 Å². The van der Waals surface area contributed by atoms with Crippen LogP contribution in [0.1, 0.15) is 39.2 Å². The molecule has 0 radical (unpaired) electrons. The molecule has 0 unspecified atom stereocenters. The predicted molar refractivity (Wildman–Crippen MR) is 107 cm³/mol. The third-order valence-corrected chi connectivity index (χ3v) is 5.47. The zero-order valence-electron chi connectivity index (χ0n) is 17.3. The van der Waals surface area contributed by atoms with Crippen molar-refractivity contribution >= 4 is 27.7 Å². The van der Waals surface area contributed by atoms with Gasteiger partial charge in [-0.25, -0.2) is 9.59 Å². The number of allylic oxidation sites excluding steroid dienone is 2. The van der Waals surface area contributed by atoms with Crippen LogP contribution in [-0.4, -0.2) is 43.0 Å². The topological polar surface area (TPSA) is 162 Å². The Balaban J connectivity index is 2.95. The van der Waals surface area contributed by atoms with Crippen LogP contribution in [0.2, 0.25) is 0 Å². The Morgan fingerprint density at radius 2 is 1.58 bits per heavy atom. The SMILES string of the molecule is CCOC(=O)C1=C(C)NC(C)=C(C(=O)OCC)C1c1cc([N+](=O)[O-])ccc1S(=O)(=O)O. The van der Waals surface area contributed by atoms with Gasteiger partial charge in [-0.05, 0) is 39.3 Å². The largest absolute Gasteiger partial charge is 0.463 e. The summed E-state index contributed by atoms with van der Waals surface area (Å²) >= 11 is 0. The van der Waals surface area contributed by atoms with E-state index in [-0.39, 0.29) is 41.3 Å². The molecule has 168 valence electrons. The van der Waals surface area contributed by atoms with E-state index in [4.69, 9.17) is 9.47 Å². The lowest BCUT2D eigenvalue weighted by Crippen LogP contribution is -2.33. The van der Waals surface area contributed by atoms with Gasteiger partial charge in [0.15, 0.2) is 0 Å². The fraction of sp³-hybridized carbons (Fsp3) is 0.368. The van der Waals surface area contributed by atoms with Gasteiger partial charge in [-0.15, -0.1) is 0 Å². The van der Waals surface area contributed by atoms with E-state index in [1.807, 2.05) is 0 Å². The molecule has 31 heavy (non-hydrogen) atoms. The maximum Gasteiger partial charge on any atom is 0.336 e. The maximum absolute atomic E-state index is 12.8. The predicted octanol–water partition coefficient (Wildman–Crippen LogP) is 2.20. The highest BCUT2D eigenvalue weighted by molar-refractivity contribution is 7.85. The summed E-state index contributed by atoms with van der Waals surface area (Å²) in [5, 5.41) is 14.2. The zero-order valence-corrected chi connectivity index (χ0v) is 18.1. The van der Waals surface area contributed by atoms with Gasteiger partial charge in [0, 0.05) is 23.5 Å². The van der Waals surface area contributed by atoms with E-state index >= 15 is 0 Å². The van der Waals surface area contributed by atoms with Crippen LogP contribution in [0.3, 0.4) is 0 Å². The highest BCUT2D eigenvalue weighted by atomic mass is 32.2. The van der Waals surface area contributed by atoms with Crippen molar-refractivity contribution in [3.05, 3.63) is 56.4 Å². The summed E-state index contributed by atoms with van der Waals surface area (Å²) in [4.78, 5) is 35.4. The minimum absolute atomic E-state index is 0.0140. The van der Waals surface area contributed by atoms with Crippen LogP contribution in [0.5, 0.6) is 0 Å². The first-order chi connectivity index (χ1) is 14.4. The Morgan fingerprint density at radius 1 is 1.10 bits per heavy atom. The molecule has 0 saturated heterocycles. The average molecular weight is 454 g/mol. The summed E-state index contributed by atoms with van der Waals surface area (Å²) in [5.74, 6) is -3.13. The Kier molecular flexibility index (Phi) is 7.18. The number of hydrogen-bond donors (Lipinski definition) is 2. The van der Waals surface area contributed by atoms with Crippen molar-refractivity contribution in [1.29, 1.82) is 0 Å². The quantitative estimate of drug-likeness (QED) is 0.270. The lowest BCUT2D eigenvalue weighted by Gasteiger charge is -2.31. The van der Waals surface area contributed by atoms with Crippen molar-refractivity contribution in [2.24, 2.45) is 0 Å². The second-order valence-electron chi connectivity index (χ2n) is 6.53. The molecule has 0 saturated carbocycles. The van der Waals surface area contributed by atoms with Crippen molar-refractivity contribution in [3.8, 4) is 0 Å². The molecule has 12 heteroatoms. The number of ether oxygens (including phenoxy) is 2. The molecule has 2 N–H and O–H groups in total. The molecule has 0 spiro atoms. The van der Waals surface area contributed by atoms with Crippen LogP contribution in [-0.2, 0) is 29.2 Å². The summed E-state index contributed by atoms with van der Waals surface area (Å²) < 4.78 is 44.0. The number of dihydropyridines is 1. The number of esters is 2. The summed E-state index contributed by atoms with van der Waals surface area (Å²) in [5.41, 5.74) is -0.601. The number of nitrogens with zero attached hydrogens (tertiary/aromatic N) is 1. The Hall–Kier alpha value is -3.25. The van der Waals surface area contributed by atoms with Crippen molar-refractivity contribution in [2.75, 3.05) is 13.2 Å². The van der Waals surface area contributed by atoms with E-state index < -0.39 is 43.5 Å². The number of carbonyl (C=O) groups excluding carboxylic acids is 2. The molecule has 11 nitrogen and oxygen atoms in total. The van der Waals surface area contributed by atoms with Gasteiger partial charge in [-0.2, -0.15) is 8.42 Å². The third-order valence-electron chi connectivity index (χ3n) is 4.54. The van der Waals surface area contributed by atoms with Crippen molar-refractivity contribution in [2.45, 2.75) is 38.5 Å². The van der Waals surface area contributed by atoms with Gasteiger partial charge < -0.3 is 14.8 Å². The minimum atomic E-state index is -4.88. The van der Waals surface area contributed by atoms with Crippen molar-refractivity contribution < 1.29 is 37.0 Å². The van der Waals surface area contributed by atoms with Crippen LogP contribution in [0.4, 0.5) is 5.69 Å². The first kappa shape index (κ1) is 24.0. The number of hydrogen-bond acceptors (Lipinski definition) is 9. The van der Waals surface area contributed by atoms with Gasteiger partial charge in [0.25, 0.3) is 15.8 Å². The highest BCUT2D eigenvalue weighted by Gasteiger charge is 2.41. The second-order valence-corrected chi connectivity index (χ2v) is 7.92. The smallest absolute Gasteiger partial charge is 0.336 e. The summed E-state index contributed by atoms with van der Waals surface area (Å²) in [6, 6.07) is 2.65. The molecule has 0 aromatic heterocycles. The fourth-order valence-corrected chi connectivity index (χ4v) is 4.09. The molecule has 0 atom stereocenters. The van der Waals surface area contributed by atoms with Gasteiger partial charge in [-0.1, -0.05) is 0 Å². The Morgan fingerprint density at radius 3 is 1.97 bits per heavy atom. The molecule has 0 fully saturated rings. The van der Waals surface area contributed by atoms with E-state index in [1.165, 1.54) is 13.8 Å². The molecule has 0 aliphatic carbocycles. The molecular weight excluding hydrogens is 432 g/mol. The number of nitro benzene ring substituents is 1. The molecular formula is C19H22N2O9S. The monoisotopic (exact) mass is 454 g/mol. The van der Waals surface area contributed by atoms with Gasteiger partial charge >= 0.3 is 11.9 Å². The number of nitrogens with one attached hydrogen (secondary N) is 1. The lowest BCUT2D eigenvalue weighted by molar-refractivity contribution is -0.385. The zero-order chi connectivity index (χ0) is 23.5. The van der Waals surface area contributed by atoms with Gasteiger partial charge in [0.2, 0.25) is 0 Å². The molecule has 1 aromatic carbocycles. The van der Waals surface area contributed by atoms with Gasteiger partial charge in [0.1, 0.15) is 0 Å². The van der Waals surface area contributed by atoms with Crippen LogP contribution in [0, 0.1) is 10.1 Å². The summed E-state index contributed by atoms with van der Waals surface area (Å²) in [6.45, 7) is 6.11. The number of carbonyl (C=O) groups is 2. The Labute approximate surface area is 178 Å². The van der Waals surface area contributed by atoms with E-state index in [0.717, 1.165) is 18.2 Å². The van der Waals surface area contributed by atoms with Crippen molar-refractivity contribution in [1.82, 2.24) is 5.32 Å². The minimum Gasteiger partial charge on any atom is -0.463 e. The average Bonchev–Trinajstić information content (AvgIpc) is 2.66.